The molecule has 4 rings (SSSR count). The molecule has 0 aliphatic carbocycles. The fraction of sp³-hybridized carbons (Fsp3) is 0.391. The van der Waals surface area contributed by atoms with Crippen molar-refractivity contribution in [1.29, 1.82) is 0 Å². The molecular formula is C23H26N2O3S. The molecule has 2 aromatic rings. The van der Waals surface area contributed by atoms with Gasteiger partial charge in [0.2, 0.25) is 5.91 Å². The summed E-state index contributed by atoms with van der Waals surface area (Å²) >= 11 is 1.77. The van der Waals surface area contributed by atoms with Gasteiger partial charge in [0.25, 0.3) is 0 Å². The highest BCUT2D eigenvalue weighted by atomic mass is 32.2. The average molecular weight is 411 g/mol. The molecule has 1 saturated heterocycles. The molecule has 1 fully saturated rings. The van der Waals surface area contributed by atoms with Crippen molar-refractivity contribution >= 4 is 35.0 Å². The zero-order chi connectivity index (χ0) is 20.2. The number of piperidine rings is 1. The molecule has 0 spiro atoms. The van der Waals surface area contributed by atoms with Crippen LogP contribution >= 0.6 is 11.8 Å². The molecule has 152 valence electrons. The van der Waals surface area contributed by atoms with Crippen LogP contribution in [-0.2, 0) is 14.3 Å². The Morgan fingerprint density at radius 1 is 1.07 bits per heavy atom. The minimum absolute atomic E-state index is 0.104. The van der Waals surface area contributed by atoms with E-state index in [0.29, 0.717) is 26.1 Å². The van der Waals surface area contributed by atoms with E-state index in [-0.39, 0.29) is 17.8 Å². The van der Waals surface area contributed by atoms with Gasteiger partial charge in [-0.2, -0.15) is 0 Å². The van der Waals surface area contributed by atoms with Gasteiger partial charge >= 0.3 is 5.97 Å². The van der Waals surface area contributed by atoms with Gasteiger partial charge in [-0.25, -0.2) is 0 Å². The van der Waals surface area contributed by atoms with Crippen molar-refractivity contribution in [3.8, 4) is 0 Å². The maximum absolute atomic E-state index is 12.9. The minimum Gasteiger partial charge on any atom is -0.466 e. The second kappa shape index (κ2) is 8.91. The number of hydrogen-bond donors (Lipinski definition) is 0. The van der Waals surface area contributed by atoms with Crippen LogP contribution in [0.3, 0.4) is 0 Å². The number of ether oxygens (including phenoxy) is 1. The smallest absolute Gasteiger partial charge is 0.310 e. The topological polar surface area (TPSA) is 49.9 Å². The molecule has 0 N–H and O–H groups in total. The first-order chi connectivity index (χ1) is 14.2. The number of nitrogens with zero attached hydrogens (tertiary/aromatic N) is 2. The van der Waals surface area contributed by atoms with Crippen LogP contribution in [0.15, 0.2) is 58.3 Å². The van der Waals surface area contributed by atoms with Crippen LogP contribution < -0.4 is 4.90 Å². The maximum Gasteiger partial charge on any atom is 0.310 e. The van der Waals surface area contributed by atoms with Gasteiger partial charge in [0, 0.05) is 35.8 Å². The van der Waals surface area contributed by atoms with E-state index in [0.717, 1.165) is 30.8 Å². The number of para-hydroxylation sites is 2. The number of rotatable bonds is 5. The van der Waals surface area contributed by atoms with Crippen molar-refractivity contribution in [3.63, 3.8) is 0 Å². The first kappa shape index (κ1) is 19.8. The Labute approximate surface area is 176 Å². The van der Waals surface area contributed by atoms with Crippen molar-refractivity contribution in [1.82, 2.24) is 4.90 Å². The van der Waals surface area contributed by atoms with Crippen LogP contribution in [0.25, 0.3) is 0 Å². The normalized spacial score (nSPS) is 18.0. The molecular weight excluding hydrogens is 384 g/mol. The number of hydrogen-bond acceptors (Lipinski definition) is 5. The highest BCUT2D eigenvalue weighted by Crippen LogP contribution is 2.47. The van der Waals surface area contributed by atoms with E-state index in [1.807, 2.05) is 36.1 Å². The Morgan fingerprint density at radius 2 is 1.72 bits per heavy atom. The lowest BCUT2D eigenvalue weighted by Crippen LogP contribution is -2.43. The number of esters is 1. The summed E-state index contributed by atoms with van der Waals surface area (Å²) in [6.45, 7) is 4.01. The fourth-order valence-electron chi connectivity index (χ4n) is 4.04. The van der Waals surface area contributed by atoms with Gasteiger partial charge in [-0.15, -0.1) is 0 Å². The highest BCUT2D eigenvalue weighted by molar-refractivity contribution is 7.99. The minimum atomic E-state index is -0.194. The molecule has 2 aliphatic heterocycles. The Morgan fingerprint density at radius 3 is 2.38 bits per heavy atom. The molecule has 0 bridgehead atoms. The summed E-state index contributed by atoms with van der Waals surface area (Å²) in [7, 11) is 0. The van der Waals surface area contributed by atoms with Crippen molar-refractivity contribution in [2.75, 3.05) is 31.1 Å². The van der Waals surface area contributed by atoms with Gasteiger partial charge < -0.3 is 14.5 Å². The van der Waals surface area contributed by atoms with E-state index in [2.05, 4.69) is 29.2 Å². The van der Waals surface area contributed by atoms with E-state index >= 15 is 0 Å². The molecule has 2 heterocycles. The lowest BCUT2D eigenvalue weighted by Gasteiger charge is -2.34. The highest BCUT2D eigenvalue weighted by Gasteiger charge is 2.30. The van der Waals surface area contributed by atoms with Gasteiger partial charge in [0.1, 0.15) is 0 Å². The largest absolute Gasteiger partial charge is 0.466 e. The number of carbonyl (C=O) groups excluding carboxylic acids is 2. The van der Waals surface area contributed by atoms with E-state index < -0.39 is 0 Å². The quantitative estimate of drug-likeness (QED) is 0.680. The summed E-state index contributed by atoms with van der Waals surface area (Å²) in [4.78, 5) is 31.5. The van der Waals surface area contributed by atoms with Gasteiger partial charge in [0.15, 0.2) is 0 Å². The lowest BCUT2D eigenvalue weighted by molar-refractivity contribution is -0.151. The second-order valence-corrected chi connectivity index (χ2v) is 8.45. The molecule has 2 aliphatic rings. The summed E-state index contributed by atoms with van der Waals surface area (Å²) in [5.41, 5.74) is 2.29. The third-order valence-corrected chi connectivity index (χ3v) is 6.61. The van der Waals surface area contributed by atoms with Crippen molar-refractivity contribution in [3.05, 3.63) is 48.5 Å². The van der Waals surface area contributed by atoms with Crippen LogP contribution in [-0.4, -0.2) is 43.0 Å². The Bertz CT molecular complexity index is 856. The molecule has 5 nitrogen and oxygen atoms in total. The summed E-state index contributed by atoms with van der Waals surface area (Å²) in [5.74, 6) is -0.270. The first-order valence-corrected chi connectivity index (χ1v) is 11.1. The summed E-state index contributed by atoms with van der Waals surface area (Å²) in [6.07, 6.45) is 2.07. The molecule has 29 heavy (non-hydrogen) atoms. The Kier molecular flexibility index (Phi) is 6.09. The standard InChI is InChI=1S/C23H26N2O3S/c1-2-28-23(27)17-8-7-14-24(16-17)22(26)13-15-25-18-9-3-5-11-20(18)29-21-12-6-4-10-19(21)25/h3-6,9-12,17H,2,7-8,13-16H2,1H3. The monoisotopic (exact) mass is 410 g/mol. The van der Waals surface area contributed by atoms with Gasteiger partial charge in [-0.05, 0) is 44.0 Å². The second-order valence-electron chi connectivity index (χ2n) is 7.37. The number of fused-ring (bicyclic) bond motifs is 2. The van der Waals surface area contributed by atoms with E-state index in [4.69, 9.17) is 4.74 Å². The Balaban J connectivity index is 1.45. The molecule has 0 aromatic heterocycles. The molecule has 1 amide bonds. The van der Waals surface area contributed by atoms with Crippen molar-refractivity contribution in [2.45, 2.75) is 36.0 Å². The van der Waals surface area contributed by atoms with Crippen LogP contribution in [0, 0.1) is 5.92 Å². The maximum atomic E-state index is 12.9. The van der Waals surface area contributed by atoms with E-state index in [1.165, 1.54) is 9.79 Å². The summed E-state index contributed by atoms with van der Waals surface area (Å²) in [5, 5.41) is 0. The van der Waals surface area contributed by atoms with Gasteiger partial charge in [-0.1, -0.05) is 36.0 Å². The van der Waals surface area contributed by atoms with Crippen LogP contribution in [0.4, 0.5) is 11.4 Å². The van der Waals surface area contributed by atoms with Crippen LogP contribution in [0.2, 0.25) is 0 Å². The van der Waals surface area contributed by atoms with Crippen LogP contribution in [0.5, 0.6) is 0 Å². The predicted molar refractivity (Wildman–Crippen MR) is 115 cm³/mol. The zero-order valence-corrected chi connectivity index (χ0v) is 17.5. The molecule has 1 atom stereocenters. The number of benzene rings is 2. The first-order valence-electron chi connectivity index (χ1n) is 10.2. The summed E-state index contributed by atoms with van der Waals surface area (Å²) < 4.78 is 5.16. The third kappa shape index (κ3) is 4.27. The molecule has 2 aromatic carbocycles. The van der Waals surface area contributed by atoms with E-state index in [1.54, 1.807) is 11.8 Å². The average Bonchev–Trinajstić information content (AvgIpc) is 2.76. The zero-order valence-electron chi connectivity index (χ0n) is 16.7. The lowest BCUT2D eigenvalue weighted by atomic mass is 9.98. The van der Waals surface area contributed by atoms with Gasteiger partial charge in [0.05, 0.1) is 23.9 Å². The Hall–Kier alpha value is -2.47. The SMILES string of the molecule is CCOC(=O)C1CCCN(C(=O)CCN2c3ccccc3Sc3ccccc32)C1. The molecule has 1 unspecified atom stereocenters. The third-order valence-electron chi connectivity index (χ3n) is 5.48. The molecule has 0 radical (unpaired) electrons. The number of likely N-dealkylation sites (tertiary alicyclic amines) is 1. The number of anilines is 2. The van der Waals surface area contributed by atoms with E-state index in [9.17, 15) is 9.59 Å². The molecule has 0 saturated carbocycles. The van der Waals surface area contributed by atoms with Crippen LogP contribution in [0.1, 0.15) is 26.2 Å². The number of carbonyl (C=O) groups is 2. The predicted octanol–water partition coefficient (Wildman–Crippen LogP) is 4.48. The van der Waals surface area contributed by atoms with Crippen molar-refractivity contribution in [2.24, 2.45) is 5.92 Å². The summed E-state index contributed by atoms with van der Waals surface area (Å²) in [6, 6.07) is 16.6. The van der Waals surface area contributed by atoms with Crippen molar-refractivity contribution < 1.29 is 14.3 Å². The van der Waals surface area contributed by atoms with Gasteiger partial charge in [-0.3, -0.25) is 9.59 Å². The fourth-order valence-corrected chi connectivity index (χ4v) is 5.14. The number of amides is 1. The molecule has 6 heteroatoms.